The summed E-state index contributed by atoms with van der Waals surface area (Å²) < 4.78 is 35.1. The van der Waals surface area contributed by atoms with E-state index in [0.717, 1.165) is 0 Å². The molecule has 96 valence electrons. The van der Waals surface area contributed by atoms with Crippen molar-refractivity contribution in [2.45, 2.75) is 26.2 Å². The fraction of sp³-hybridized carbons (Fsp3) is 0.889. The van der Waals surface area contributed by atoms with Gasteiger partial charge in [0.25, 0.3) is 10.1 Å². The van der Waals surface area contributed by atoms with Gasteiger partial charge in [-0.2, -0.15) is 8.42 Å². The molecule has 1 rings (SSSR count). The average Bonchev–Trinajstić information content (AvgIpc) is 2.66. The molecule has 0 heterocycles. The standard InChI is InChI=1S/C9H16O6S.Na.H/c1-4-15-7(10)5-6(9(5,2)3)8(11)16(12,13)14;;/h5-6,8,11H,4H2,1-3H3,(H,12,13,14);;. The Labute approximate surface area is 123 Å². The van der Waals surface area contributed by atoms with Crippen LogP contribution in [0.25, 0.3) is 0 Å². The van der Waals surface area contributed by atoms with Gasteiger partial charge < -0.3 is 9.84 Å². The number of carbonyl (C=O) groups excluding carboxylic acids is 1. The van der Waals surface area contributed by atoms with Crippen molar-refractivity contribution in [3.63, 3.8) is 0 Å². The van der Waals surface area contributed by atoms with Crippen molar-refractivity contribution in [2.24, 2.45) is 17.3 Å². The monoisotopic (exact) mass is 276 g/mol. The summed E-state index contributed by atoms with van der Waals surface area (Å²) in [6.45, 7) is 5.13. The topological polar surface area (TPSA) is 101 Å². The van der Waals surface area contributed by atoms with Crippen molar-refractivity contribution in [3.8, 4) is 0 Å². The Kier molecular flexibility index (Phi) is 5.65. The predicted molar refractivity (Wildman–Crippen MR) is 62.1 cm³/mol. The molecule has 3 unspecified atom stereocenters. The third-order valence-corrected chi connectivity index (χ3v) is 3.97. The van der Waals surface area contributed by atoms with Gasteiger partial charge in [-0.25, -0.2) is 0 Å². The quantitative estimate of drug-likeness (QED) is 0.403. The van der Waals surface area contributed by atoms with Crippen molar-refractivity contribution in [1.82, 2.24) is 0 Å². The molecule has 0 saturated heterocycles. The van der Waals surface area contributed by atoms with E-state index in [1.165, 1.54) is 0 Å². The van der Waals surface area contributed by atoms with E-state index in [1.54, 1.807) is 20.8 Å². The number of carbonyl (C=O) groups is 1. The van der Waals surface area contributed by atoms with Crippen molar-refractivity contribution in [2.75, 3.05) is 6.61 Å². The van der Waals surface area contributed by atoms with E-state index in [4.69, 9.17) is 9.29 Å². The fourth-order valence-electron chi connectivity index (χ4n) is 2.08. The number of ether oxygens (including phenoxy) is 1. The Bertz CT molecular complexity index is 390. The zero-order chi connectivity index (χ0) is 12.7. The Morgan fingerprint density at radius 1 is 1.47 bits per heavy atom. The molecule has 0 aromatic heterocycles. The predicted octanol–water partition coefficient (Wildman–Crippen LogP) is -0.621. The molecule has 3 atom stereocenters. The van der Waals surface area contributed by atoms with Gasteiger partial charge >= 0.3 is 35.5 Å². The number of aliphatic hydroxyl groups is 1. The number of hydrogen-bond acceptors (Lipinski definition) is 5. The van der Waals surface area contributed by atoms with Crippen LogP contribution in [0.3, 0.4) is 0 Å². The van der Waals surface area contributed by atoms with E-state index in [-0.39, 0.29) is 36.2 Å². The van der Waals surface area contributed by atoms with E-state index >= 15 is 0 Å². The van der Waals surface area contributed by atoms with E-state index < -0.39 is 38.8 Å². The molecule has 0 aromatic carbocycles. The minimum atomic E-state index is -4.54. The van der Waals surface area contributed by atoms with Gasteiger partial charge in [-0.3, -0.25) is 9.35 Å². The first-order valence-electron chi connectivity index (χ1n) is 4.95. The van der Waals surface area contributed by atoms with E-state index in [1.807, 2.05) is 0 Å². The fourth-order valence-corrected chi connectivity index (χ4v) is 2.96. The second-order valence-electron chi connectivity index (χ2n) is 4.48. The van der Waals surface area contributed by atoms with Gasteiger partial charge in [0, 0.05) is 5.92 Å². The van der Waals surface area contributed by atoms with Gasteiger partial charge in [-0.1, -0.05) is 13.8 Å². The van der Waals surface area contributed by atoms with Gasteiger partial charge in [0.2, 0.25) is 0 Å². The summed E-state index contributed by atoms with van der Waals surface area (Å²) in [4.78, 5) is 11.5. The zero-order valence-corrected chi connectivity index (χ0v) is 10.2. The van der Waals surface area contributed by atoms with Crippen molar-refractivity contribution in [3.05, 3.63) is 0 Å². The average molecular weight is 276 g/mol. The summed E-state index contributed by atoms with van der Waals surface area (Å²) in [6, 6.07) is 0. The van der Waals surface area contributed by atoms with Crippen LogP contribution in [-0.4, -0.2) is 65.6 Å². The maximum absolute atomic E-state index is 11.5. The first-order chi connectivity index (χ1) is 7.14. The summed E-state index contributed by atoms with van der Waals surface area (Å²) in [7, 11) is -4.54. The van der Waals surface area contributed by atoms with Crippen molar-refractivity contribution in [1.29, 1.82) is 0 Å². The van der Waals surface area contributed by atoms with Gasteiger partial charge in [-0.15, -0.1) is 0 Å². The maximum atomic E-state index is 11.5. The molecule has 2 N–H and O–H groups in total. The van der Waals surface area contributed by atoms with Crippen LogP contribution in [0.5, 0.6) is 0 Å². The molecule has 0 spiro atoms. The third-order valence-electron chi connectivity index (χ3n) is 3.06. The molecule has 6 nitrogen and oxygen atoms in total. The molecule has 1 saturated carbocycles. The van der Waals surface area contributed by atoms with Crippen LogP contribution in [-0.2, 0) is 19.6 Å². The normalized spacial score (nSPS) is 27.8. The molecular weight excluding hydrogens is 259 g/mol. The van der Waals surface area contributed by atoms with Crippen LogP contribution in [0.2, 0.25) is 0 Å². The van der Waals surface area contributed by atoms with Gasteiger partial charge in [0.05, 0.1) is 12.5 Å². The van der Waals surface area contributed by atoms with Gasteiger partial charge in [0.1, 0.15) is 0 Å². The number of rotatable bonds is 4. The molecule has 0 bridgehead atoms. The number of esters is 1. The summed E-state index contributed by atoms with van der Waals surface area (Å²) in [5, 5.41) is 9.40. The van der Waals surface area contributed by atoms with Crippen LogP contribution in [0.1, 0.15) is 20.8 Å². The second kappa shape index (κ2) is 5.54. The van der Waals surface area contributed by atoms with Gasteiger partial charge in [0.15, 0.2) is 5.44 Å². The van der Waals surface area contributed by atoms with Crippen LogP contribution >= 0.6 is 0 Å². The molecule has 0 radical (unpaired) electrons. The minimum absolute atomic E-state index is 0. The molecule has 8 heteroatoms. The van der Waals surface area contributed by atoms with Gasteiger partial charge in [-0.05, 0) is 12.3 Å². The molecule has 1 aliphatic carbocycles. The molecule has 0 aliphatic heterocycles. The van der Waals surface area contributed by atoms with Crippen molar-refractivity contribution >= 4 is 45.6 Å². The van der Waals surface area contributed by atoms with E-state index in [0.29, 0.717) is 0 Å². The summed E-state index contributed by atoms with van der Waals surface area (Å²) >= 11 is 0. The van der Waals surface area contributed by atoms with E-state index in [9.17, 15) is 18.3 Å². The Balaban J connectivity index is 0.00000256. The van der Waals surface area contributed by atoms with Crippen LogP contribution in [0, 0.1) is 17.3 Å². The summed E-state index contributed by atoms with van der Waals surface area (Å²) in [6.07, 6.45) is 0. The molecule has 1 fully saturated rings. The summed E-state index contributed by atoms with van der Waals surface area (Å²) in [5.41, 5.74) is -2.61. The second-order valence-corrected chi connectivity index (χ2v) is 6.00. The van der Waals surface area contributed by atoms with Crippen LogP contribution in [0.4, 0.5) is 0 Å². The van der Waals surface area contributed by atoms with Crippen LogP contribution in [0.15, 0.2) is 0 Å². The van der Waals surface area contributed by atoms with Crippen LogP contribution < -0.4 is 0 Å². The Hall–Kier alpha value is 0.340. The molecule has 0 amide bonds. The first kappa shape index (κ1) is 17.3. The molecule has 0 aromatic rings. The van der Waals surface area contributed by atoms with E-state index in [2.05, 4.69) is 0 Å². The molecule has 1 aliphatic rings. The first-order valence-corrected chi connectivity index (χ1v) is 6.45. The number of aliphatic hydroxyl groups excluding tert-OH is 1. The molecular formula is C9H17NaO6S. The Morgan fingerprint density at radius 2 is 1.94 bits per heavy atom. The summed E-state index contributed by atoms with van der Waals surface area (Å²) in [5.74, 6) is -2.05. The zero-order valence-electron chi connectivity index (χ0n) is 9.37. The molecule has 17 heavy (non-hydrogen) atoms. The third kappa shape index (κ3) is 3.42. The van der Waals surface area contributed by atoms with Crippen molar-refractivity contribution < 1.29 is 27.6 Å². The SMILES string of the molecule is CCOC(=O)C1C(C(O)S(=O)(=O)O)C1(C)C.[NaH]. The Morgan fingerprint density at radius 3 is 2.29 bits per heavy atom. The number of hydrogen-bond donors (Lipinski definition) is 2.